The molecule has 0 radical (unpaired) electrons. The minimum atomic E-state index is -0.413. The van der Waals surface area contributed by atoms with E-state index in [0.717, 1.165) is 16.6 Å². The first-order valence-electron chi connectivity index (χ1n) is 5.10. The molecule has 2 aromatic rings. The molecule has 2 heterocycles. The lowest BCUT2D eigenvalue weighted by Gasteiger charge is -2.01. The molecule has 2 rings (SSSR count). The molecule has 84 valence electrons. The van der Waals surface area contributed by atoms with Crippen LogP contribution in [0.4, 0.5) is 5.69 Å². The van der Waals surface area contributed by atoms with E-state index in [0.29, 0.717) is 5.92 Å². The molecule has 0 saturated carbocycles. The zero-order valence-electron chi connectivity index (χ0n) is 9.47. The maximum Gasteiger partial charge on any atom is 0.288 e. The number of hydrogen-bond acceptors (Lipinski definition) is 3. The largest absolute Gasteiger partial charge is 0.335 e. The second-order valence-corrected chi connectivity index (χ2v) is 4.17. The van der Waals surface area contributed by atoms with Gasteiger partial charge in [-0.25, -0.2) is 4.98 Å². The van der Waals surface area contributed by atoms with E-state index < -0.39 is 4.92 Å². The van der Waals surface area contributed by atoms with E-state index in [1.54, 1.807) is 6.07 Å². The SMILES string of the molecule is CC(C)c1cn(C)c2ncc([N+](=O)[O-])cc12. The van der Waals surface area contributed by atoms with Crippen LogP contribution in [0.1, 0.15) is 25.3 Å². The molecule has 0 aliphatic rings. The second-order valence-electron chi connectivity index (χ2n) is 4.17. The average molecular weight is 219 g/mol. The van der Waals surface area contributed by atoms with Gasteiger partial charge in [-0.15, -0.1) is 0 Å². The van der Waals surface area contributed by atoms with Gasteiger partial charge in [-0.3, -0.25) is 10.1 Å². The lowest BCUT2D eigenvalue weighted by atomic mass is 10.0. The van der Waals surface area contributed by atoms with E-state index >= 15 is 0 Å². The minimum absolute atomic E-state index is 0.0422. The molecule has 0 saturated heterocycles. The number of nitrogens with zero attached hydrogens (tertiary/aromatic N) is 3. The van der Waals surface area contributed by atoms with E-state index in [9.17, 15) is 10.1 Å². The Morgan fingerprint density at radius 1 is 1.50 bits per heavy atom. The Hall–Kier alpha value is -1.91. The molecule has 0 N–H and O–H groups in total. The van der Waals surface area contributed by atoms with Gasteiger partial charge in [-0.05, 0) is 11.5 Å². The lowest BCUT2D eigenvalue weighted by Crippen LogP contribution is -1.91. The van der Waals surface area contributed by atoms with Crippen LogP contribution in [-0.2, 0) is 7.05 Å². The zero-order chi connectivity index (χ0) is 11.9. The number of rotatable bonds is 2. The van der Waals surface area contributed by atoms with Crippen molar-refractivity contribution in [1.82, 2.24) is 9.55 Å². The third-order valence-corrected chi connectivity index (χ3v) is 2.66. The summed E-state index contributed by atoms with van der Waals surface area (Å²) in [7, 11) is 1.90. The van der Waals surface area contributed by atoms with Crippen LogP contribution in [0.25, 0.3) is 11.0 Å². The quantitative estimate of drug-likeness (QED) is 0.576. The first kappa shape index (κ1) is 10.6. The Labute approximate surface area is 92.9 Å². The third kappa shape index (κ3) is 1.54. The highest BCUT2D eigenvalue weighted by Gasteiger charge is 2.14. The normalized spacial score (nSPS) is 11.2. The van der Waals surface area contributed by atoms with Crippen LogP contribution in [-0.4, -0.2) is 14.5 Å². The number of pyridine rings is 1. The predicted octanol–water partition coefficient (Wildman–Crippen LogP) is 2.60. The van der Waals surface area contributed by atoms with Crippen LogP contribution in [0.2, 0.25) is 0 Å². The Morgan fingerprint density at radius 3 is 2.75 bits per heavy atom. The molecule has 2 aromatic heterocycles. The van der Waals surface area contributed by atoms with Gasteiger partial charge in [0.05, 0.1) is 4.92 Å². The molecule has 0 unspecified atom stereocenters. The number of aromatic nitrogens is 2. The fraction of sp³-hybridized carbons (Fsp3) is 0.364. The summed E-state index contributed by atoms with van der Waals surface area (Å²) in [5.74, 6) is 0.326. The van der Waals surface area contributed by atoms with Gasteiger partial charge < -0.3 is 4.57 Å². The Morgan fingerprint density at radius 2 is 2.19 bits per heavy atom. The molecular weight excluding hydrogens is 206 g/mol. The highest BCUT2D eigenvalue weighted by molar-refractivity contribution is 5.82. The molecule has 0 atom stereocenters. The highest BCUT2D eigenvalue weighted by Crippen LogP contribution is 2.28. The first-order valence-corrected chi connectivity index (χ1v) is 5.10. The van der Waals surface area contributed by atoms with Crippen molar-refractivity contribution in [2.24, 2.45) is 7.05 Å². The molecule has 0 spiro atoms. The van der Waals surface area contributed by atoms with Gasteiger partial charge in [0.1, 0.15) is 11.8 Å². The number of nitro groups is 1. The third-order valence-electron chi connectivity index (χ3n) is 2.66. The summed E-state index contributed by atoms with van der Waals surface area (Å²) in [6.45, 7) is 4.13. The number of fused-ring (bicyclic) bond motifs is 1. The molecule has 0 aromatic carbocycles. The van der Waals surface area contributed by atoms with Gasteiger partial charge in [-0.2, -0.15) is 0 Å². The van der Waals surface area contributed by atoms with Gasteiger partial charge in [0.25, 0.3) is 5.69 Å². The van der Waals surface area contributed by atoms with Gasteiger partial charge in [-0.1, -0.05) is 13.8 Å². The summed E-state index contributed by atoms with van der Waals surface area (Å²) in [5, 5.41) is 11.6. The molecule has 5 nitrogen and oxygen atoms in total. The van der Waals surface area contributed by atoms with Crippen molar-refractivity contribution < 1.29 is 4.92 Å². The smallest absolute Gasteiger partial charge is 0.288 e. The fourth-order valence-electron chi connectivity index (χ4n) is 1.84. The van der Waals surface area contributed by atoms with Crippen molar-refractivity contribution in [3.05, 3.63) is 34.1 Å². The molecule has 0 amide bonds. The minimum Gasteiger partial charge on any atom is -0.335 e. The highest BCUT2D eigenvalue weighted by atomic mass is 16.6. The average Bonchev–Trinajstić information content (AvgIpc) is 2.56. The molecule has 5 heteroatoms. The maximum absolute atomic E-state index is 10.7. The first-order chi connectivity index (χ1) is 7.50. The van der Waals surface area contributed by atoms with Crippen molar-refractivity contribution in [3.8, 4) is 0 Å². The molecule has 0 fully saturated rings. The van der Waals surface area contributed by atoms with E-state index in [1.807, 2.05) is 17.8 Å². The summed E-state index contributed by atoms with van der Waals surface area (Å²) >= 11 is 0. The monoisotopic (exact) mass is 219 g/mol. The van der Waals surface area contributed by atoms with Crippen molar-refractivity contribution in [3.63, 3.8) is 0 Å². The lowest BCUT2D eigenvalue weighted by molar-refractivity contribution is -0.385. The van der Waals surface area contributed by atoms with Gasteiger partial charge in [0.15, 0.2) is 0 Å². The Balaban J connectivity index is 2.74. The second kappa shape index (κ2) is 3.59. The van der Waals surface area contributed by atoms with Crippen LogP contribution in [0, 0.1) is 10.1 Å². The van der Waals surface area contributed by atoms with Crippen molar-refractivity contribution >= 4 is 16.7 Å². The van der Waals surface area contributed by atoms with E-state index in [1.165, 1.54) is 6.20 Å². The fourth-order valence-corrected chi connectivity index (χ4v) is 1.84. The van der Waals surface area contributed by atoms with E-state index in [4.69, 9.17) is 0 Å². The van der Waals surface area contributed by atoms with Gasteiger partial charge >= 0.3 is 0 Å². The molecule has 0 bridgehead atoms. The van der Waals surface area contributed by atoms with Crippen LogP contribution < -0.4 is 0 Å². The summed E-state index contributed by atoms with van der Waals surface area (Å²) < 4.78 is 1.90. The van der Waals surface area contributed by atoms with Crippen LogP contribution >= 0.6 is 0 Å². The van der Waals surface area contributed by atoms with Crippen molar-refractivity contribution in [1.29, 1.82) is 0 Å². The molecule has 0 aliphatic carbocycles. The topological polar surface area (TPSA) is 61.0 Å². The standard InChI is InChI=1S/C11H13N3O2/c1-7(2)10-6-13(3)11-9(10)4-8(5-12-11)14(15)16/h4-7H,1-3H3. The van der Waals surface area contributed by atoms with Gasteiger partial charge in [0.2, 0.25) is 0 Å². The van der Waals surface area contributed by atoms with Crippen LogP contribution in [0.15, 0.2) is 18.5 Å². The zero-order valence-corrected chi connectivity index (χ0v) is 9.47. The maximum atomic E-state index is 10.7. The summed E-state index contributed by atoms with van der Waals surface area (Å²) in [6.07, 6.45) is 3.28. The van der Waals surface area contributed by atoms with Crippen LogP contribution in [0.3, 0.4) is 0 Å². The van der Waals surface area contributed by atoms with E-state index in [2.05, 4.69) is 18.8 Å². The number of hydrogen-bond donors (Lipinski definition) is 0. The van der Waals surface area contributed by atoms with Crippen molar-refractivity contribution in [2.45, 2.75) is 19.8 Å². The molecular formula is C11H13N3O2. The summed E-state index contributed by atoms with van der Waals surface area (Å²) in [6, 6.07) is 1.59. The van der Waals surface area contributed by atoms with Crippen molar-refractivity contribution in [2.75, 3.05) is 0 Å². The summed E-state index contributed by atoms with van der Waals surface area (Å²) in [5.41, 5.74) is 1.92. The van der Waals surface area contributed by atoms with E-state index in [-0.39, 0.29) is 5.69 Å². The summed E-state index contributed by atoms with van der Waals surface area (Å²) in [4.78, 5) is 14.4. The Bertz CT molecular complexity index is 558. The molecule has 0 aliphatic heterocycles. The Kier molecular flexibility index (Phi) is 2.38. The van der Waals surface area contributed by atoms with Gasteiger partial charge in [0, 0.05) is 24.7 Å². The number of aryl methyl sites for hydroxylation is 1. The van der Waals surface area contributed by atoms with Crippen LogP contribution in [0.5, 0.6) is 0 Å². The molecule has 16 heavy (non-hydrogen) atoms. The predicted molar refractivity (Wildman–Crippen MR) is 61.5 cm³/mol.